The molecule has 0 saturated heterocycles. The number of nitrogens with zero attached hydrogens (tertiary/aromatic N) is 1. The first-order chi connectivity index (χ1) is 10.1. The summed E-state index contributed by atoms with van der Waals surface area (Å²) in [6.07, 6.45) is 1.56. The molecule has 21 heavy (non-hydrogen) atoms. The van der Waals surface area contributed by atoms with Crippen molar-refractivity contribution in [3.8, 4) is 11.5 Å². The number of carboxylic acids is 1. The Hall–Kier alpha value is -3.08. The van der Waals surface area contributed by atoms with Crippen LogP contribution in [0.5, 0.6) is 11.5 Å². The van der Waals surface area contributed by atoms with Gasteiger partial charge in [0.1, 0.15) is 17.1 Å². The normalized spacial score (nSPS) is 10.5. The quantitative estimate of drug-likeness (QED) is 0.719. The summed E-state index contributed by atoms with van der Waals surface area (Å²) < 4.78 is 5.64. The molecule has 0 radical (unpaired) electrons. The van der Waals surface area contributed by atoms with E-state index in [0.29, 0.717) is 11.4 Å². The molecule has 0 bridgehead atoms. The van der Waals surface area contributed by atoms with Gasteiger partial charge in [0.25, 0.3) is 0 Å². The largest absolute Gasteiger partial charge is 0.478 e. The van der Waals surface area contributed by atoms with Gasteiger partial charge >= 0.3 is 5.97 Å². The van der Waals surface area contributed by atoms with Crippen molar-refractivity contribution in [3.63, 3.8) is 0 Å². The Morgan fingerprint density at radius 2 is 1.95 bits per heavy atom. The summed E-state index contributed by atoms with van der Waals surface area (Å²) in [6, 6.07) is 13.9. The number of carbonyl (C=O) groups is 1. The molecular weight excluding hydrogens is 268 g/mol. The number of aromatic nitrogens is 1. The molecule has 0 aliphatic carbocycles. The summed E-state index contributed by atoms with van der Waals surface area (Å²) in [7, 11) is 0. The van der Waals surface area contributed by atoms with Crippen LogP contribution < -0.4 is 10.5 Å². The Balaban J connectivity index is 2.00. The second-order valence-corrected chi connectivity index (χ2v) is 4.53. The smallest absolute Gasteiger partial charge is 0.339 e. The van der Waals surface area contributed by atoms with Crippen molar-refractivity contribution < 1.29 is 14.6 Å². The van der Waals surface area contributed by atoms with Gasteiger partial charge in [-0.3, -0.25) is 4.98 Å². The van der Waals surface area contributed by atoms with Crippen LogP contribution in [0, 0.1) is 0 Å². The van der Waals surface area contributed by atoms with E-state index in [2.05, 4.69) is 4.98 Å². The number of para-hydroxylation sites is 1. The molecule has 0 unspecified atom stereocenters. The fraction of sp³-hybridized carbons (Fsp3) is 0. The number of rotatable bonds is 3. The molecule has 0 aliphatic rings. The number of pyridine rings is 1. The Labute approximate surface area is 120 Å². The summed E-state index contributed by atoms with van der Waals surface area (Å²) in [5.74, 6) is -0.388. The summed E-state index contributed by atoms with van der Waals surface area (Å²) >= 11 is 0. The lowest BCUT2D eigenvalue weighted by molar-refractivity contribution is 0.0694. The SMILES string of the molecule is Nc1ccc(Oc2cnc3ccccc3c2)c(C(=O)O)c1. The minimum atomic E-state index is -1.09. The lowest BCUT2D eigenvalue weighted by atomic mass is 10.2. The molecule has 0 fully saturated rings. The van der Waals surface area contributed by atoms with Gasteiger partial charge in [0.05, 0.1) is 11.7 Å². The van der Waals surface area contributed by atoms with E-state index in [9.17, 15) is 9.90 Å². The molecule has 3 N–H and O–H groups in total. The molecule has 3 rings (SSSR count). The highest BCUT2D eigenvalue weighted by atomic mass is 16.5. The lowest BCUT2D eigenvalue weighted by Gasteiger charge is -2.09. The maximum Gasteiger partial charge on any atom is 0.339 e. The average Bonchev–Trinajstić information content (AvgIpc) is 2.49. The molecule has 0 amide bonds. The van der Waals surface area contributed by atoms with Gasteiger partial charge in [0.15, 0.2) is 0 Å². The third kappa shape index (κ3) is 2.62. The van der Waals surface area contributed by atoms with Crippen LogP contribution in [0.25, 0.3) is 10.9 Å². The fourth-order valence-electron chi connectivity index (χ4n) is 2.04. The highest BCUT2D eigenvalue weighted by Crippen LogP contribution is 2.28. The summed E-state index contributed by atoms with van der Waals surface area (Å²) in [6.45, 7) is 0. The van der Waals surface area contributed by atoms with Crippen LogP contribution in [-0.2, 0) is 0 Å². The van der Waals surface area contributed by atoms with Crippen LogP contribution in [0.4, 0.5) is 5.69 Å². The molecule has 0 spiro atoms. The van der Waals surface area contributed by atoms with E-state index in [0.717, 1.165) is 10.9 Å². The molecule has 104 valence electrons. The highest BCUT2D eigenvalue weighted by Gasteiger charge is 2.13. The van der Waals surface area contributed by atoms with Gasteiger partial charge in [-0.2, -0.15) is 0 Å². The van der Waals surface area contributed by atoms with Crippen LogP contribution in [0.2, 0.25) is 0 Å². The fourth-order valence-corrected chi connectivity index (χ4v) is 2.04. The molecule has 1 heterocycles. The van der Waals surface area contributed by atoms with Gasteiger partial charge in [-0.05, 0) is 30.3 Å². The molecule has 0 atom stereocenters. The van der Waals surface area contributed by atoms with Gasteiger partial charge in [0, 0.05) is 11.1 Å². The number of hydrogen-bond donors (Lipinski definition) is 2. The number of hydrogen-bond acceptors (Lipinski definition) is 4. The molecular formula is C16H12N2O3. The number of anilines is 1. The number of nitrogen functional groups attached to an aromatic ring is 1. The Kier molecular flexibility index (Phi) is 3.16. The molecule has 3 aromatic rings. The van der Waals surface area contributed by atoms with Gasteiger partial charge < -0.3 is 15.6 Å². The summed E-state index contributed by atoms with van der Waals surface area (Å²) in [5, 5.41) is 10.1. The zero-order valence-corrected chi connectivity index (χ0v) is 11.0. The van der Waals surface area contributed by atoms with Crippen LogP contribution in [0.15, 0.2) is 54.7 Å². The number of fused-ring (bicyclic) bond motifs is 1. The topological polar surface area (TPSA) is 85.4 Å². The Morgan fingerprint density at radius 1 is 1.14 bits per heavy atom. The number of aromatic carboxylic acids is 1. The number of nitrogens with two attached hydrogens (primary N) is 1. The average molecular weight is 280 g/mol. The monoisotopic (exact) mass is 280 g/mol. The van der Waals surface area contributed by atoms with E-state index in [1.807, 2.05) is 30.3 Å². The number of carboxylic acid groups (broad SMARTS) is 1. The molecule has 5 heteroatoms. The molecule has 1 aromatic heterocycles. The lowest BCUT2D eigenvalue weighted by Crippen LogP contribution is -2.01. The predicted octanol–water partition coefficient (Wildman–Crippen LogP) is 3.31. The van der Waals surface area contributed by atoms with E-state index in [1.54, 1.807) is 12.3 Å². The van der Waals surface area contributed by atoms with Crippen LogP contribution >= 0.6 is 0 Å². The first kappa shape index (κ1) is 12.9. The zero-order valence-electron chi connectivity index (χ0n) is 11.0. The number of benzene rings is 2. The maximum absolute atomic E-state index is 11.2. The highest BCUT2D eigenvalue weighted by molar-refractivity contribution is 5.92. The van der Waals surface area contributed by atoms with Gasteiger partial charge in [-0.15, -0.1) is 0 Å². The van der Waals surface area contributed by atoms with Crippen molar-refractivity contribution in [2.45, 2.75) is 0 Å². The third-order valence-electron chi connectivity index (χ3n) is 3.03. The van der Waals surface area contributed by atoms with Gasteiger partial charge in [0.2, 0.25) is 0 Å². The summed E-state index contributed by atoms with van der Waals surface area (Å²) in [4.78, 5) is 15.5. The van der Waals surface area contributed by atoms with Crippen molar-refractivity contribution in [1.29, 1.82) is 0 Å². The van der Waals surface area contributed by atoms with Crippen molar-refractivity contribution in [1.82, 2.24) is 4.98 Å². The predicted molar refractivity (Wildman–Crippen MR) is 79.6 cm³/mol. The van der Waals surface area contributed by atoms with E-state index in [1.165, 1.54) is 12.1 Å². The van der Waals surface area contributed by atoms with E-state index >= 15 is 0 Å². The first-order valence-electron chi connectivity index (χ1n) is 6.29. The second-order valence-electron chi connectivity index (χ2n) is 4.53. The van der Waals surface area contributed by atoms with Crippen LogP contribution in [0.3, 0.4) is 0 Å². The van der Waals surface area contributed by atoms with E-state index in [-0.39, 0.29) is 11.3 Å². The first-order valence-corrected chi connectivity index (χ1v) is 6.29. The molecule has 0 saturated carbocycles. The second kappa shape index (κ2) is 5.13. The van der Waals surface area contributed by atoms with Crippen molar-refractivity contribution in [2.75, 3.05) is 5.73 Å². The van der Waals surface area contributed by atoms with Crippen molar-refractivity contribution in [3.05, 3.63) is 60.3 Å². The van der Waals surface area contributed by atoms with E-state index < -0.39 is 5.97 Å². The molecule has 0 aliphatic heterocycles. The van der Waals surface area contributed by atoms with Gasteiger partial charge in [-0.25, -0.2) is 4.79 Å². The van der Waals surface area contributed by atoms with Gasteiger partial charge in [-0.1, -0.05) is 18.2 Å². The van der Waals surface area contributed by atoms with Crippen LogP contribution in [-0.4, -0.2) is 16.1 Å². The Morgan fingerprint density at radius 3 is 2.76 bits per heavy atom. The van der Waals surface area contributed by atoms with E-state index in [4.69, 9.17) is 10.5 Å². The number of ether oxygens (including phenoxy) is 1. The third-order valence-corrected chi connectivity index (χ3v) is 3.03. The molecule has 2 aromatic carbocycles. The van der Waals surface area contributed by atoms with Crippen LogP contribution in [0.1, 0.15) is 10.4 Å². The minimum Gasteiger partial charge on any atom is -0.478 e. The Bertz CT molecular complexity index is 831. The zero-order chi connectivity index (χ0) is 14.8. The summed E-state index contributed by atoms with van der Waals surface area (Å²) in [5.41, 5.74) is 6.84. The van der Waals surface area contributed by atoms with Crippen molar-refractivity contribution >= 4 is 22.6 Å². The van der Waals surface area contributed by atoms with Crippen molar-refractivity contribution in [2.24, 2.45) is 0 Å². The maximum atomic E-state index is 11.2. The standard InChI is InChI=1S/C16H12N2O3/c17-11-5-6-15(13(8-11)16(19)20)21-12-7-10-3-1-2-4-14(10)18-9-12/h1-9H,17H2,(H,19,20). The minimum absolute atomic E-state index is 0.0168. The molecule has 5 nitrogen and oxygen atoms in total.